The van der Waals surface area contributed by atoms with Crippen LogP contribution in [0.2, 0.25) is 0 Å². The number of hydrogen-bond acceptors (Lipinski definition) is 5. The van der Waals surface area contributed by atoms with E-state index in [1.54, 1.807) is 18.2 Å². The number of benzene rings is 2. The minimum Gasteiger partial charge on any atom is -0.485 e. The van der Waals surface area contributed by atoms with Crippen LogP contribution >= 0.6 is 0 Å². The van der Waals surface area contributed by atoms with Crippen molar-refractivity contribution in [2.45, 2.75) is 38.0 Å². The maximum atomic E-state index is 10.9. The molecule has 0 saturated carbocycles. The number of hydrogen-bond donors (Lipinski definition) is 3. The number of aliphatic hydroxyl groups excluding tert-OH is 1. The first-order valence-corrected chi connectivity index (χ1v) is 8.42. The molecule has 2 atom stereocenters. The first-order chi connectivity index (χ1) is 12.0. The maximum absolute atomic E-state index is 10.9. The Balaban J connectivity index is 2.04. The first-order valence-electron chi connectivity index (χ1n) is 8.42. The number of nitrogens with one attached hydrogen (secondary N) is 1. The van der Waals surface area contributed by atoms with Crippen LogP contribution in [0.3, 0.4) is 0 Å². The Morgan fingerprint density at radius 1 is 1.28 bits per heavy atom. The van der Waals surface area contributed by atoms with Crippen molar-refractivity contribution in [3.63, 3.8) is 0 Å². The Labute approximate surface area is 148 Å². The zero-order chi connectivity index (χ0) is 18.0. The van der Waals surface area contributed by atoms with E-state index in [-0.39, 0.29) is 6.04 Å². The highest BCUT2D eigenvalue weighted by Crippen LogP contribution is 2.42. The van der Waals surface area contributed by atoms with E-state index in [1.807, 2.05) is 38.1 Å². The van der Waals surface area contributed by atoms with E-state index in [9.17, 15) is 10.4 Å². The van der Waals surface area contributed by atoms with E-state index in [2.05, 4.69) is 11.4 Å². The molecular formula is C20H23N3O2. The Bertz CT molecular complexity index is 811. The Morgan fingerprint density at radius 2 is 2.04 bits per heavy atom. The SMILES string of the molecule is CC1(C)Oc2ccc(C#N)cc2[C@H](Nc2ccccc2CCN)[C@H]1O. The summed E-state index contributed by atoms with van der Waals surface area (Å²) >= 11 is 0. The number of nitriles is 1. The van der Waals surface area contributed by atoms with Crippen LogP contribution in [0.15, 0.2) is 42.5 Å². The third-order valence-electron chi connectivity index (χ3n) is 4.62. The van der Waals surface area contributed by atoms with Gasteiger partial charge in [-0.3, -0.25) is 0 Å². The quantitative estimate of drug-likeness (QED) is 0.798. The molecule has 130 valence electrons. The van der Waals surface area contributed by atoms with Crippen LogP contribution in [0, 0.1) is 11.3 Å². The molecule has 0 aromatic heterocycles. The summed E-state index contributed by atoms with van der Waals surface area (Å²) in [5.74, 6) is 0.683. The van der Waals surface area contributed by atoms with Gasteiger partial charge in [0, 0.05) is 11.3 Å². The van der Waals surface area contributed by atoms with E-state index >= 15 is 0 Å². The Hall–Kier alpha value is -2.55. The Morgan fingerprint density at radius 3 is 2.76 bits per heavy atom. The molecule has 0 aliphatic carbocycles. The molecule has 1 aliphatic heterocycles. The normalized spacial score (nSPS) is 20.9. The molecule has 0 radical (unpaired) electrons. The average molecular weight is 337 g/mol. The fraction of sp³-hybridized carbons (Fsp3) is 0.350. The Kier molecular flexibility index (Phi) is 4.67. The lowest BCUT2D eigenvalue weighted by Gasteiger charge is -2.43. The number of ether oxygens (including phenoxy) is 1. The summed E-state index contributed by atoms with van der Waals surface area (Å²) in [7, 11) is 0. The highest BCUT2D eigenvalue weighted by Gasteiger charge is 2.43. The molecule has 1 heterocycles. The summed E-state index contributed by atoms with van der Waals surface area (Å²) < 4.78 is 5.96. The molecule has 2 aromatic carbocycles. The summed E-state index contributed by atoms with van der Waals surface area (Å²) in [6.07, 6.45) is -0.0309. The molecule has 5 nitrogen and oxygen atoms in total. The number of anilines is 1. The second-order valence-corrected chi connectivity index (χ2v) is 6.83. The number of nitrogens with zero attached hydrogens (tertiary/aromatic N) is 1. The summed E-state index contributed by atoms with van der Waals surface area (Å²) in [5.41, 5.74) is 8.32. The number of aliphatic hydroxyl groups is 1. The van der Waals surface area contributed by atoms with Crippen molar-refractivity contribution in [3.8, 4) is 11.8 Å². The van der Waals surface area contributed by atoms with E-state index in [1.165, 1.54) is 0 Å². The van der Waals surface area contributed by atoms with Crippen molar-refractivity contribution in [2.75, 3.05) is 11.9 Å². The lowest BCUT2D eigenvalue weighted by Crippen LogP contribution is -2.50. The molecule has 1 aliphatic rings. The molecule has 4 N–H and O–H groups in total. The fourth-order valence-electron chi connectivity index (χ4n) is 3.23. The fourth-order valence-corrected chi connectivity index (χ4v) is 3.23. The van der Waals surface area contributed by atoms with E-state index in [0.29, 0.717) is 17.9 Å². The highest BCUT2D eigenvalue weighted by molar-refractivity contribution is 5.56. The predicted octanol–water partition coefficient (Wildman–Crippen LogP) is 2.74. The maximum Gasteiger partial charge on any atom is 0.132 e. The molecule has 2 aromatic rings. The molecule has 3 rings (SSSR count). The summed E-state index contributed by atoms with van der Waals surface area (Å²) in [6.45, 7) is 4.27. The summed E-state index contributed by atoms with van der Waals surface area (Å²) in [4.78, 5) is 0. The van der Waals surface area contributed by atoms with Crippen LogP contribution in [0.5, 0.6) is 5.75 Å². The van der Waals surface area contributed by atoms with Crippen molar-refractivity contribution in [3.05, 3.63) is 59.2 Å². The zero-order valence-electron chi connectivity index (χ0n) is 14.5. The van der Waals surface area contributed by atoms with Crippen molar-refractivity contribution in [1.29, 1.82) is 5.26 Å². The molecule has 0 unspecified atom stereocenters. The first kappa shape index (κ1) is 17.3. The smallest absolute Gasteiger partial charge is 0.132 e. The van der Waals surface area contributed by atoms with E-state index < -0.39 is 11.7 Å². The minimum atomic E-state index is -0.778. The molecule has 5 heteroatoms. The van der Waals surface area contributed by atoms with Gasteiger partial charge in [-0.2, -0.15) is 5.26 Å². The van der Waals surface area contributed by atoms with Crippen molar-refractivity contribution in [1.82, 2.24) is 0 Å². The van der Waals surface area contributed by atoms with Gasteiger partial charge in [-0.1, -0.05) is 18.2 Å². The lowest BCUT2D eigenvalue weighted by atomic mass is 9.85. The van der Waals surface area contributed by atoms with Gasteiger partial charge in [-0.25, -0.2) is 0 Å². The van der Waals surface area contributed by atoms with E-state index in [0.717, 1.165) is 23.2 Å². The second kappa shape index (κ2) is 6.75. The van der Waals surface area contributed by atoms with Gasteiger partial charge in [0.15, 0.2) is 0 Å². The third kappa shape index (κ3) is 3.32. The predicted molar refractivity (Wildman–Crippen MR) is 97.4 cm³/mol. The molecular weight excluding hydrogens is 314 g/mol. The number of rotatable bonds is 4. The monoisotopic (exact) mass is 337 g/mol. The molecule has 0 amide bonds. The molecule has 25 heavy (non-hydrogen) atoms. The van der Waals surface area contributed by atoms with Gasteiger partial charge in [0.05, 0.1) is 17.7 Å². The van der Waals surface area contributed by atoms with E-state index in [4.69, 9.17) is 10.5 Å². The van der Waals surface area contributed by atoms with Gasteiger partial charge in [0.1, 0.15) is 17.5 Å². The summed E-state index contributed by atoms with van der Waals surface area (Å²) in [5, 5.41) is 23.6. The van der Waals surface area contributed by atoms with Gasteiger partial charge >= 0.3 is 0 Å². The van der Waals surface area contributed by atoms with Gasteiger partial charge in [0.25, 0.3) is 0 Å². The van der Waals surface area contributed by atoms with Crippen LogP contribution < -0.4 is 15.8 Å². The molecule has 0 bridgehead atoms. The lowest BCUT2D eigenvalue weighted by molar-refractivity contribution is -0.0532. The molecule has 0 spiro atoms. The standard InChI is InChI=1S/C20H23N3O2/c1-20(2)19(24)18(15-11-13(12-22)7-8-17(15)25-20)23-16-6-4-3-5-14(16)9-10-21/h3-8,11,18-19,23-24H,9-10,21H2,1-2H3/t18-,19+/m0/s1. The largest absolute Gasteiger partial charge is 0.485 e. The van der Waals surface area contributed by atoms with Crippen LogP contribution in [-0.2, 0) is 6.42 Å². The second-order valence-electron chi connectivity index (χ2n) is 6.83. The van der Waals surface area contributed by atoms with Gasteiger partial charge in [-0.05, 0) is 56.6 Å². The van der Waals surface area contributed by atoms with Crippen LogP contribution in [0.1, 0.15) is 36.6 Å². The minimum absolute atomic E-state index is 0.383. The highest BCUT2D eigenvalue weighted by atomic mass is 16.5. The van der Waals surface area contributed by atoms with Gasteiger partial charge in [-0.15, -0.1) is 0 Å². The average Bonchev–Trinajstić information content (AvgIpc) is 2.60. The van der Waals surface area contributed by atoms with Crippen LogP contribution in [0.25, 0.3) is 0 Å². The number of fused-ring (bicyclic) bond motifs is 1. The van der Waals surface area contributed by atoms with Crippen molar-refractivity contribution < 1.29 is 9.84 Å². The van der Waals surface area contributed by atoms with Crippen LogP contribution in [-0.4, -0.2) is 23.4 Å². The van der Waals surface area contributed by atoms with Gasteiger partial charge < -0.3 is 20.9 Å². The van der Waals surface area contributed by atoms with Crippen LogP contribution in [0.4, 0.5) is 5.69 Å². The van der Waals surface area contributed by atoms with Crippen molar-refractivity contribution >= 4 is 5.69 Å². The third-order valence-corrected chi connectivity index (χ3v) is 4.62. The summed E-state index contributed by atoms with van der Waals surface area (Å²) in [6, 6.07) is 15.0. The number of para-hydroxylation sites is 1. The molecule has 0 fully saturated rings. The van der Waals surface area contributed by atoms with Gasteiger partial charge in [0.2, 0.25) is 0 Å². The molecule has 0 saturated heterocycles. The zero-order valence-corrected chi connectivity index (χ0v) is 14.5. The topological polar surface area (TPSA) is 91.3 Å². The van der Waals surface area contributed by atoms with Crippen molar-refractivity contribution in [2.24, 2.45) is 5.73 Å². The number of nitrogens with two attached hydrogens (primary N) is 1.